The van der Waals surface area contributed by atoms with E-state index < -0.39 is 0 Å². The topological polar surface area (TPSA) is 29.3 Å². The molecule has 98 valence electrons. The van der Waals surface area contributed by atoms with Gasteiger partial charge in [-0.3, -0.25) is 0 Å². The number of nitrogens with two attached hydrogens (primary N) is 1. The maximum atomic E-state index is 6.04. The van der Waals surface area contributed by atoms with Crippen molar-refractivity contribution in [3.05, 3.63) is 70.6 Å². The highest BCUT2D eigenvalue weighted by molar-refractivity contribution is 5.65. The van der Waals surface area contributed by atoms with Crippen molar-refractivity contribution in [2.75, 3.05) is 6.54 Å². The molecule has 2 N–H and O–H groups in total. The summed E-state index contributed by atoms with van der Waals surface area (Å²) >= 11 is 0. The molecule has 0 unspecified atom stereocenters. The van der Waals surface area contributed by atoms with E-state index in [0.29, 0.717) is 0 Å². The zero-order valence-corrected chi connectivity index (χ0v) is 11.5. The summed E-state index contributed by atoms with van der Waals surface area (Å²) in [5, 5.41) is 0. The third-order valence-corrected chi connectivity index (χ3v) is 4.24. The average Bonchev–Trinajstić information content (AvgIpc) is 2.46. The summed E-state index contributed by atoms with van der Waals surface area (Å²) < 4.78 is 0. The second kappa shape index (κ2) is 4.30. The molecule has 1 aliphatic heterocycles. The van der Waals surface area contributed by atoms with Gasteiger partial charge < -0.3 is 10.6 Å². The lowest BCUT2D eigenvalue weighted by Crippen LogP contribution is -2.37. The van der Waals surface area contributed by atoms with E-state index in [-0.39, 0.29) is 0 Å². The smallest absolute Gasteiger partial charge is 0.0683 e. The molecule has 1 heterocycles. The molecule has 0 aromatic heterocycles. The summed E-state index contributed by atoms with van der Waals surface area (Å²) in [6.45, 7) is 12.1. The van der Waals surface area contributed by atoms with E-state index in [0.717, 1.165) is 48.5 Å². The van der Waals surface area contributed by atoms with Gasteiger partial charge in [-0.25, -0.2) is 0 Å². The molecule has 0 saturated carbocycles. The van der Waals surface area contributed by atoms with Crippen molar-refractivity contribution >= 4 is 0 Å². The highest BCUT2D eigenvalue weighted by Crippen LogP contribution is 2.38. The Kier molecular flexibility index (Phi) is 2.74. The SMILES string of the molecule is C=C1C(=C)C(N2CCc3ccc(CC)cc3C2)=C1N. The quantitative estimate of drug-likeness (QED) is 0.877. The predicted octanol–water partition coefficient (Wildman–Crippen LogP) is 2.90. The van der Waals surface area contributed by atoms with Gasteiger partial charge in [-0.1, -0.05) is 38.3 Å². The summed E-state index contributed by atoms with van der Waals surface area (Å²) in [6.07, 6.45) is 2.16. The van der Waals surface area contributed by atoms with Gasteiger partial charge in [0.2, 0.25) is 0 Å². The van der Waals surface area contributed by atoms with Crippen molar-refractivity contribution in [2.45, 2.75) is 26.3 Å². The van der Waals surface area contributed by atoms with Gasteiger partial charge in [0, 0.05) is 24.2 Å². The van der Waals surface area contributed by atoms with Gasteiger partial charge in [0.15, 0.2) is 0 Å². The Balaban J connectivity index is 1.90. The fourth-order valence-electron chi connectivity index (χ4n) is 2.93. The molecule has 0 atom stereocenters. The van der Waals surface area contributed by atoms with Gasteiger partial charge in [-0.2, -0.15) is 0 Å². The summed E-state index contributed by atoms with van der Waals surface area (Å²) in [7, 11) is 0. The first-order valence-electron chi connectivity index (χ1n) is 6.86. The van der Waals surface area contributed by atoms with Crippen molar-refractivity contribution < 1.29 is 0 Å². The van der Waals surface area contributed by atoms with Crippen LogP contribution in [0.4, 0.5) is 0 Å². The number of allylic oxidation sites excluding steroid dienone is 2. The summed E-state index contributed by atoms with van der Waals surface area (Å²) in [5.41, 5.74) is 14.2. The van der Waals surface area contributed by atoms with Crippen LogP contribution >= 0.6 is 0 Å². The lowest BCUT2D eigenvalue weighted by molar-refractivity contribution is 0.320. The molecule has 0 fully saturated rings. The molecule has 3 rings (SSSR count). The van der Waals surface area contributed by atoms with E-state index in [1.807, 2.05) is 0 Å². The van der Waals surface area contributed by atoms with Crippen molar-refractivity contribution in [3.63, 3.8) is 0 Å². The Morgan fingerprint density at radius 1 is 1.21 bits per heavy atom. The molecule has 0 spiro atoms. The van der Waals surface area contributed by atoms with Crippen molar-refractivity contribution in [3.8, 4) is 0 Å². The van der Waals surface area contributed by atoms with Crippen LogP contribution in [0.2, 0.25) is 0 Å². The fourth-order valence-corrected chi connectivity index (χ4v) is 2.93. The van der Waals surface area contributed by atoms with E-state index in [1.165, 1.54) is 16.7 Å². The van der Waals surface area contributed by atoms with Crippen LogP contribution in [0.3, 0.4) is 0 Å². The number of fused-ring (bicyclic) bond motifs is 1. The molecule has 1 aliphatic carbocycles. The monoisotopic (exact) mass is 252 g/mol. The van der Waals surface area contributed by atoms with E-state index in [4.69, 9.17) is 5.73 Å². The minimum atomic E-state index is 0.820. The number of hydrogen-bond donors (Lipinski definition) is 1. The Hall–Kier alpha value is -1.96. The Morgan fingerprint density at radius 2 is 2.00 bits per heavy atom. The molecule has 2 heteroatoms. The molecular formula is C17H20N2. The molecule has 2 nitrogen and oxygen atoms in total. The first-order chi connectivity index (χ1) is 9.11. The standard InChI is InChI=1S/C17H20N2/c1-4-13-5-6-14-7-8-19(10-15(14)9-13)17-12(3)11(2)16(17)18/h5-6,9H,2-4,7-8,10,18H2,1H3. The van der Waals surface area contributed by atoms with E-state index in [1.54, 1.807) is 0 Å². The molecule has 1 aromatic rings. The van der Waals surface area contributed by atoms with Crippen molar-refractivity contribution in [1.29, 1.82) is 0 Å². The fraction of sp³-hybridized carbons (Fsp3) is 0.294. The van der Waals surface area contributed by atoms with E-state index >= 15 is 0 Å². The largest absolute Gasteiger partial charge is 0.397 e. The Labute approximate surface area is 114 Å². The van der Waals surface area contributed by atoms with Gasteiger partial charge in [0.1, 0.15) is 0 Å². The molecule has 1 aromatic carbocycles. The normalized spacial score (nSPS) is 18.5. The molecule has 19 heavy (non-hydrogen) atoms. The first-order valence-corrected chi connectivity index (χ1v) is 6.86. The van der Waals surface area contributed by atoms with Crippen molar-refractivity contribution in [2.24, 2.45) is 5.73 Å². The lowest BCUT2D eigenvalue weighted by atomic mass is 9.87. The molecule has 0 radical (unpaired) electrons. The first kappa shape index (κ1) is 12.1. The van der Waals surface area contributed by atoms with Crippen LogP contribution < -0.4 is 5.73 Å². The maximum absolute atomic E-state index is 6.04. The van der Waals surface area contributed by atoms with Crippen LogP contribution in [0.5, 0.6) is 0 Å². The summed E-state index contributed by atoms with van der Waals surface area (Å²) in [5.74, 6) is 0. The number of benzene rings is 1. The van der Waals surface area contributed by atoms with Gasteiger partial charge >= 0.3 is 0 Å². The third kappa shape index (κ3) is 1.79. The van der Waals surface area contributed by atoms with E-state index in [9.17, 15) is 0 Å². The number of aryl methyl sites for hydroxylation is 1. The van der Waals surface area contributed by atoms with Crippen LogP contribution in [0.1, 0.15) is 23.6 Å². The molecule has 0 amide bonds. The van der Waals surface area contributed by atoms with Gasteiger partial charge in [0.05, 0.1) is 11.4 Å². The average molecular weight is 252 g/mol. The second-order valence-electron chi connectivity index (χ2n) is 5.35. The second-order valence-corrected chi connectivity index (χ2v) is 5.35. The molecule has 0 bridgehead atoms. The maximum Gasteiger partial charge on any atom is 0.0683 e. The zero-order chi connectivity index (χ0) is 13.6. The molecule has 0 saturated heterocycles. The van der Waals surface area contributed by atoms with Gasteiger partial charge in [-0.05, 0) is 29.5 Å². The Bertz CT molecular complexity index is 608. The minimum absolute atomic E-state index is 0.820. The highest BCUT2D eigenvalue weighted by atomic mass is 15.2. The van der Waals surface area contributed by atoms with Crippen LogP contribution in [0.25, 0.3) is 0 Å². The van der Waals surface area contributed by atoms with Crippen molar-refractivity contribution in [1.82, 2.24) is 4.90 Å². The molecule has 2 aliphatic rings. The number of nitrogens with zero attached hydrogens (tertiary/aromatic N) is 1. The van der Waals surface area contributed by atoms with E-state index in [2.05, 4.69) is 43.2 Å². The molecular weight excluding hydrogens is 232 g/mol. The third-order valence-electron chi connectivity index (χ3n) is 4.24. The minimum Gasteiger partial charge on any atom is -0.397 e. The zero-order valence-electron chi connectivity index (χ0n) is 11.5. The summed E-state index contributed by atoms with van der Waals surface area (Å²) in [6, 6.07) is 6.85. The Morgan fingerprint density at radius 3 is 2.68 bits per heavy atom. The van der Waals surface area contributed by atoms with Crippen LogP contribution in [-0.4, -0.2) is 11.4 Å². The number of hydrogen-bond acceptors (Lipinski definition) is 2. The number of rotatable bonds is 2. The highest BCUT2D eigenvalue weighted by Gasteiger charge is 2.30. The van der Waals surface area contributed by atoms with Crippen LogP contribution in [-0.2, 0) is 19.4 Å². The predicted molar refractivity (Wildman–Crippen MR) is 79.4 cm³/mol. The lowest BCUT2D eigenvalue weighted by Gasteiger charge is -2.39. The van der Waals surface area contributed by atoms with Crippen LogP contribution in [0.15, 0.2) is 53.9 Å². The van der Waals surface area contributed by atoms with Gasteiger partial charge in [0.25, 0.3) is 0 Å². The summed E-state index contributed by atoms with van der Waals surface area (Å²) in [4.78, 5) is 2.34. The van der Waals surface area contributed by atoms with Crippen LogP contribution in [0, 0.1) is 0 Å². The van der Waals surface area contributed by atoms with Gasteiger partial charge in [-0.15, -0.1) is 0 Å².